The number of benzene rings is 2. The second kappa shape index (κ2) is 13.1. The van der Waals surface area contributed by atoms with Crippen LogP contribution in [0.25, 0.3) is 0 Å². The smallest absolute Gasteiger partial charge is 0.408 e. The van der Waals surface area contributed by atoms with E-state index in [2.05, 4.69) is 17.6 Å². The van der Waals surface area contributed by atoms with E-state index >= 15 is 0 Å². The van der Waals surface area contributed by atoms with Gasteiger partial charge in [-0.1, -0.05) is 75.4 Å². The molecule has 0 aromatic heterocycles. The van der Waals surface area contributed by atoms with Crippen LogP contribution in [0.4, 0.5) is 4.79 Å². The minimum absolute atomic E-state index is 0.213. The summed E-state index contributed by atoms with van der Waals surface area (Å²) in [5.74, 6) is -0.828. The van der Waals surface area contributed by atoms with E-state index in [0.717, 1.165) is 17.5 Å². The lowest BCUT2D eigenvalue weighted by Crippen LogP contribution is -2.54. The highest BCUT2D eigenvalue weighted by atomic mass is 16.6. The molecule has 0 saturated carbocycles. The molecule has 0 aliphatic rings. The van der Waals surface area contributed by atoms with E-state index in [1.807, 2.05) is 75.4 Å². The minimum Gasteiger partial charge on any atom is -0.444 e. The van der Waals surface area contributed by atoms with Gasteiger partial charge in [-0.15, -0.1) is 0 Å². The topological polar surface area (TPSA) is 87.7 Å². The van der Waals surface area contributed by atoms with Crippen molar-refractivity contribution in [2.24, 2.45) is 5.92 Å². The Hall–Kier alpha value is -3.35. The lowest BCUT2D eigenvalue weighted by molar-refractivity contribution is -0.143. The second-order valence-corrected chi connectivity index (χ2v) is 10.2. The quantitative estimate of drug-likeness (QED) is 0.485. The van der Waals surface area contributed by atoms with Gasteiger partial charge < -0.3 is 20.3 Å². The molecule has 0 heterocycles. The Morgan fingerprint density at radius 1 is 0.917 bits per heavy atom. The molecule has 2 unspecified atom stereocenters. The van der Waals surface area contributed by atoms with Gasteiger partial charge in [0.2, 0.25) is 11.8 Å². The van der Waals surface area contributed by atoms with Crippen molar-refractivity contribution in [1.29, 1.82) is 0 Å². The molecule has 2 aromatic rings. The van der Waals surface area contributed by atoms with Crippen molar-refractivity contribution < 1.29 is 19.1 Å². The Labute approximate surface area is 215 Å². The summed E-state index contributed by atoms with van der Waals surface area (Å²) in [6, 6.07) is 15.7. The Morgan fingerprint density at radius 2 is 1.53 bits per heavy atom. The number of hydrogen-bond donors (Lipinski definition) is 2. The summed E-state index contributed by atoms with van der Waals surface area (Å²) in [5.41, 5.74) is 2.13. The van der Waals surface area contributed by atoms with Gasteiger partial charge in [0, 0.05) is 13.1 Å². The second-order valence-electron chi connectivity index (χ2n) is 10.2. The maximum Gasteiger partial charge on any atom is 0.408 e. The minimum atomic E-state index is -0.848. The number of nitrogens with zero attached hydrogens (tertiary/aromatic N) is 1. The predicted molar refractivity (Wildman–Crippen MR) is 142 cm³/mol. The van der Waals surface area contributed by atoms with Crippen LogP contribution in [-0.2, 0) is 27.3 Å². The van der Waals surface area contributed by atoms with Gasteiger partial charge in [0.25, 0.3) is 0 Å². The van der Waals surface area contributed by atoms with Crippen molar-refractivity contribution in [1.82, 2.24) is 15.5 Å². The number of alkyl carbamates (subject to hydrolysis) is 1. The molecule has 0 saturated heterocycles. The summed E-state index contributed by atoms with van der Waals surface area (Å²) in [6.07, 6.45) is 0.208. The molecular formula is C29H41N3O4. The molecule has 196 valence electrons. The van der Waals surface area contributed by atoms with Crippen molar-refractivity contribution in [3.8, 4) is 0 Å². The largest absolute Gasteiger partial charge is 0.444 e. The fourth-order valence-electron chi connectivity index (χ4n) is 3.88. The predicted octanol–water partition coefficient (Wildman–Crippen LogP) is 5.00. The number of nitrogens with one attached hydrogen (secondary N) is 2. The molecule has 2 atom stereocenters. The average molecular weight is 496 g/mol. The highest BCUT2D eigenvalue weighted by Gasteiger charge is 2.36. The SMILES string of the molecule is CCc1ccc(C(C(=O)NCc2ccccc2)N(CC)C(=O)C(NC(=O)OC(C)(C)C)C(C)C)cc1. The summed E-state index contributed by atoms with van der Waals surface area (Å²) in [5, 5.41) is 5.72. The number of rotatable bonds is 10. The number of amides is 3. The van der Waals surface area contributed by atoms with Crippen LogP contribution in [-0.4, -0.2) is 41.0 Å². The lowest BCUT2D eigenvalue weighted by Gasteiger charge is -2.35. The molecule has 2 aromatic carbocycles. The summed E-state index contributed by atoms with van der Waals surface area (Å²) in [6.45, 7) is 13.5. The average Bonchev–Trinajstić information content (AvgIpc) is 2.83. The molecular weight excluding hydrogens is 454 g/mol. The third-order valence-electron chi connectivity index (χ3n) is 5.80. The zero-order chi connectivity index (χ0) is 26.9. The fraction of sp³-hybridized carbons (Fsp3) is 0.483. The Kier molecular flexibility index (Phi) is 10.5. The van der Waals surface area contributed by atoms with Crippen LogP contribution in [0.5, 0.6) is 0 Å². The molecule has 3 amide bonds. The van der Waals surface area contributed by atoms with Crippen LogP contribution in [0, 0.1) is 5.92 Å². The molecule has 36 heavy (non-hydrogen) atoms. The monoisotopic (exact) mass is 495 g/mol. The standard InChI is InChI=1S/C29H41N3O4/c1-8-21-15-17-23(18-16-21)25(26(33)30-19-22-13-11-10-12-14-22)32(9-2)27(34)24(20(3)4)31-28(35)36-29(5,6)7/h10-18,20,24-25H,8-9,19H2,1-7H3,(H,30,33)(H,31,35). The third kappa shape index (κ3) is 8.40. The van der Waals surface area contributed by atoms with Crippen molar-refractivity contribution >= 4 is 17.9 Å². The molecule has 0 radical (unpaired) electrons. The van der Waals surface area contributed by atoms with Crippen molar-refractivity contribution in [3.63, 3.8) is 0 Å². The van der Waals surface area contributed by atoms with Gasteiger partial charge in [0.1, 0.15) is 17.7 Å². The summed E-state index contributed by atoms with van der Waals surface area (Å²) < 4.78 is 5.39. The molecule has 0 aliphatic heterocycles. The Balaban J connectivity index is 2.37. The highest BCUT2D eigenvalue weighted by molar-refractivity contribution is 5.92. The molecule has 2 rings (SSSR count). The van der Waals surface area contributed by atoms with Crippen LogP contribution < -0.4 is 10.6 Å². The summed E-state index contributed by atoms with van der Waals surface area (Å²) in [7, 11) is 0. The van der Waals surface area contributed by atoms with Gasteiger partial charge in [-0.25, -0.2) is 4.79 Å². The van der Waals surface area contributed by atoms with Crippen LogP contribution in [0.15, 0.2) is 54.6 Å². The number of carbonyl (C=O) groups is 3. The molecule has 2 N–H and O–H groups in total. The maximum absolute atomic E-state index is 13.8. The Morgan fingerprint density at radius 3 is 2.03 bits per heavy atom. The highest BCUT2D eigenvalue weighted by Crippen LogP contribution is 2.24. The van der Waals surface area contributed by atoms with Crippen LogP contribution in [0.1, 0.15) is 71.2 Å². The Bertz CT molecular complexity index is 997. The van der Waals surface area contributed by atoms with Gasteiger partial charge in [-0.2, -0.15) is 0 Å². The van der Waals surface area contributed by atoms with Crippen LogP contribution in [0.2, 0.25) is 0 Å². The van der Waals surface area contributed by atoms with Crippen LogP contribution >= 0.6 is 0 Å². The van der Waals surface area contributed by atoms with E-state index in [9.17, 15) is 14.4 Å². The van der Waals surface area contributed by atoms with E-state index in [4.69, 9.17) is 4.74 Å². The van der Waals surface area contributed by atoms with E-state index in [0.29, 0.717) is 12.1 Å². The third-order valence-corrected chi connectivity index (χ3v) is 5.80. The van der Waals surface area contributed by atoms with Crippen molar-refractivity contribution in [2.45, 2.75) is 79.1 Å². The first-order valence-electron chi connectivity index (χ1n) is 12.7. The molecule has 7 heteroatoms. The first kappa shape index (κ1) is 28.9. The molecule has 7 nitrogen and oxygen atoms in total. The number of likely N-dealkylation sites (N-methyl/N-ethyl adjacent to an activating group) is 1. The van der Waals surface area contributed by atoms with Gasteiger partial charge in [-0.3, -0.25) is 9.59 Å². The van der Waals surface area contributed by atoms with E-state index in [1.54, 1.807) is 20.8 Å². The normalized spacial score (nSPS) is 13.0. The number of ether oxygens (including phenoxy) is 1. The van der Waals surface area contributed by atoms with Crippen LogP contribution in [0.3, 0.4) is 0 Å². The van der Waals surface area contributed by atoms with Gasteiger partial charge >= 0.3 is 6.09 Å². The fourth-order valence-corrected chi connectivity index (χ4v) is 3.88. The van der Waals surface area contributed by atoms with Gasteiger partial charge in [0.05, 0.1) is 0 Å². The van der Waals surface area contributed by atoms with Crippen molar-refractivity contribution in [2.75, 3.05) is 6.54 Å². The molecule has 0 spiro atoms. The lowest BCUT2D eigenvalue weighted by atomic mass is 9.98. The zero-order valence-corrected chi connectivity index (χ0v) is 22.6. The maximum atomic E-state index is 13.8. The molecule has 0 bridgehead atoms. The first-order chi connectivity index (χ1) is 17.0. The number of carbonyl (C=O) groups excluding carboxylic acids is 3. The van der Waals surface area contributed by atoms with Crippen molar-refractivity contribution in [3.05, 3.63) is 71.3 Å². The van der Waals surface area contributed by atoms with Gasteiger partial charge in [-0.05, 0) is 56.7 Å². The van der Waals surface area contributed by atoms with Gasteiger partial charge in [0.15, 0.2) is 0 Å². The van der Waals surface area contributed by atoms with E-state index in [1.165, 1.54) is 4.90 Å². The number of hydrogen-bond acceptors (Lipinski definition) is 4. The first-order valence-corrected chi connectivity index (χ1v) is 12.7. The zero-order valence-electron chi connectivity index (χ0n) is 22.6. The summed E-state index contributed by atoms with van der Waals surface area (Å²) in [4.78, 5) is 41.4. The molecule has 0 fully saturated rings. The van der Waals surface area contributed by atoms with E-state index < -0.39 is 23.8 Å². The number of aryl methyl sites for hydroxylation is 1. The molecule has 0 aliphatic carbocycles. The van der Waals surface area contributed by atoms with E-state index in [-0.39, 0.29) is 24.3 Å². The summed E-state index contributed by atoms with van der Waals surface area (Å²) >= 11 is 0.